The van der Waals surface area contributed by atoms with E-state index in [2.05, 4.69) is 20.3 Å². The summed E-state index contributed by atoms with van der Waals surface area (Å²) in [6, 6.07) is 7.51. The van der Waals surface area contributed by atoms with E-state index in [4.69, 9.17) is 14.2 Å². The fraction of sp³-hybridized carbons (Fsp3) is 0.250. The Bertz CT molecular complexity index is 540. The maximum Gasteiger partial charge on any atom is 0.330 e. The first kappa shape index (κ1) is 12.9. The minimum Gasteiger partial charge on any atom is -0.493 e. The van der Waals surface area contributed by atoms with Crippen LogP contribution in [0.15, 0.2) is 24.3 Å². The number of rotatable bonds is 5. The van der Waals surface area contributed by atoms with E-state index in [0.29, 0.717) is 17.4 Å². The van der Waals surface area contributed by atoms with E-state index in [9.17, 15) is 0 Å². The SMILES string of the molecule is CNc1nc(OC)nc(Oc2ccccc2OC)n1. The Morgan fingerprint density at radius 1 is 0.895 bits per heavy atom. The van der Waals surface area contributed by atoms with Crippen molar-refractivity contribution in [2.75, 3.05) is 26.6 Å². The summed E-state index contributed by atoms with van der Waals surface area (Å²) < 4.78 is 15.7. The molecule has 0 aliphatic carbocycles. The Morgan fingerprint density at radius 3 is 2.21 bits per heavy atom. The number of nitrogens with one attached hydrogen (secondary N) is 1. The molecule has 19 heavy (non-hydrogen) atoms. The van der Waals surface area contributed by atoms with Gasteiger partial charge in [0, 0.05) is 7.05 Å². The second-order valence-corrected chi connectivity index (χ2v) is 3.43. The number of aromatic nitrogens is 3. The number of anilines is 1. The maximum absolute atomic E-state index is 5.58. The van der Waals surface area contributed by atoms with Gasteiger partial charge < -0.3 is 19.5 Å². The van der Waals surface area contributed by atoms with Crippen molar-refractivity contribution in [2.45, 2.75) is 0 Å². The molecule has 1 N–H and O–H groups in total. The Labute approximate surface area is 110 Å². The highest BCUT2D eigenvalue weighted by atomic mass is 16.5. The molecule has 0 amide bonds. The summed E-state index contributed by atoms with van der Waals surface area (Å²) in [5.41, 5.74) is 0. The predicted octanol–water partition coefficient (Wildman–Crippen LogP) is 1.72. The quantitative estimate of drug-likeness (QED) is 0.878. The standard InChI is InChI=1S/C12H14N4O3/c1-13-10-14-11(18-3)16-12(15-10)19-9-7-5-4-6-8(9)17-2/h4-7H,1-3H3,(H,13,14,15,16). The lowest BCUT2D eigenvalue weighted by Crippen LogP contribution is -2.03. The zero-order chi connectivity index (χ0) is 13.7. The smallest absolute Gasteiger partial charge is 0.330 e. The van der Waals surface area contributed by atoms with Gasteiger partial charge >= 0.3 is 12.0 Å². The molecular formula is C12H14N4O3. The van der Waals surface area contributed by atoms with Gasteiger partial charge in [0.25, 0.3) is 0 Å². The van der Waals surface area contributed by atoms with Crippen LogP contribution in [0.25, 0.3) is 0 Å². The molecule has 7 nitrogen and oxygen atoms in total. The van der Waals surface area contributed by atoms with E-state index in [1.54, 1.807) is 26.3 Å². The van der Waals surface area contributed by atoms with Gasteiger partial charge in [-0.25, -0.2) is 0 Å². The molecule has 0 unspecified atom stereocenters. The number of nitrogens with zero attached hydrogens (tertiary/aromatic N) is 3. The zero-order valence-electron chi connectivity index (χ0n) is 10.9. The number of ether oxygens (including phenoxy) is 3. The van der Waals surface area contributed by atoms with Gasteiger partial charge in [0.05, 0.1) is 14.2 Å². The second kappa shape index (κ2) is 5.85. The number of hydrogen-bond acceptors (Lipinski definition) is 7. The summed E-state index contributed by atoms with van der Waals surface area (Å²) in [4.78, 5) is 12.1. The first-order valence-electron chi connectivity index (χ1n) is 5.55. The largest absolute Gasteiger partial charge is 0.493 e. The van der Waals surface area contributed by atoms with Crippen LogP contribution < -0.4 is 19.5 Å². The van der Waals surface area contributed by atoms with Gasteiger partial charge in [0.1, 0.15) is 0 Å². The molecular weight excluding hydrogens is 248 g/mol. The van der Waals surface area contributed by atoms with Crippen LogP contribution in [0.5, 0.6) is 23.5 Å². The van der Waals surface area contributed by atoms with Gasteiger partial charge in [-0.2, -0.15) is 9.97 Å². The summed E-state index contributed by atoms with van der Waals surface area (Å²) in [5, 5.41) is 2.80. The van der Waals surface area contributed by atoms with Gasteiger partial charge in [-0.1, -0.05) is 12.1 Å². The summed E-state index contributed by atoms with van der Waals surface area (Å²) in [6.45, 7) is 0. The Balaban J connectivity index is 2.32. The van der Waals surface area contributed by atoms with Crippen molar-refractivity contribution >= 4 is 5.95 Å². The molecule has 1 heterocycles. The Kier molecular flexibility index (Phi) is 3.97. The second-order valence-electron chi connectivity index (χ2n) is 3.43. The Hall–Kier alpha value is -2.57. The fourth-order valence-electron chi connectivity index (χ4n) is 1.39. The molecule has 0 aliphatic heterocycles. The van der Waals surface area contributed by atoms with Crippen molar-refractivity contribution in [3.05, 3.63) is 24.3 Å². The van der Waals surface area contributed by atoms with Crippen LogP contribution in [0.2, 0.25) is 0 Å². The van der Waals surface area contributed by atoms with Gasteiger partial charge in [-0.3, -0.25) is 0 Å². The highest BCUT2D eigenvalue weighted by Gasteiger charge is 2.10. The molecule has 0 aliphatic rings. The summed E-state index contributed by atoms with van der Waals surface area (Å²) in [6.07, 6.45) is 0. The molecule has 0 saturated heterocycles. The van der Waals surface area contributed by atoms with E-state index >= 15 is 0 Å². The lowest BCUT2D eigenvalue weighted by atomic mass is 10.3. The summed E-state index contributed by atoms with van der Waals surface area (Å²) in [7, 11) is 4.73. The first-order valence-corrected chi connectivity index (χ1v) is 5.55. The molecule has 0 saturated carbocycles. The zero-order valence-corrected chi connectivity index (χ0v) is 10.9. The van der Waals surface area contributed by atoms with Crippen LogP contribution in [-0.2, 0) is 0 Å². The molecule has 0 fully saturated rings. The monoisotopic (exact) mass is 262 g/mol. The molecule has 0 spiro atoms. The Morgan fingerprint density at radius 2 is 1.58 bits per heavy atom. The number of methoxy groups -OCH3 is 2. The van der Waals surface area contributed by atoms with Crippen molar-refractivity contribution in [3.8, 4) is 23.5 Å². The minimum absolute atomic E-state index is 0.126. The first-order chi connectivity index (χ1) is 9.26. The minimum atomic E-state index is 0.126. The summed E-state index contributed by atoms with van der Waals surface area (Å²) >= 11 is 0. The highest BCUT2D eigenvalue weighted by Crippen LogP contribution is 2.29. The average Bonchev–Trinajstić information content (AvgIpc) is 2.47. The topological polar surface area (TPSA) is 78.4 Å². The van der Waals surface area contributed by atoms with Crippen molar-refractivity contribution < 1.29 is 14.2 Å². The third-order valence-corrected chi connectivity index (χ3v) is 2.27. The predicted molar refractivity (Wildman–Crippen MR) is 69.0 cm³/mol. The van der Waals surface area contributed by atoms with Gasteiger partial charge in [0.15, 0.2) is 11.5 Å². The molecule has 1 aromatic heterocycles. The van der Waals surface area contributed by atoms with E-state index in [0.717, 1.165) is 0 Å². The molecule has 0 bridgehead atoms. The van der Waals surface area contributed by atoms with Crippen molar-refractivity contribution in [2.24, 2.45) is 0 Å². The normalized spacial score (nSPS) is 9.84. The molecule has 1 aromatic carbocycles. The lowest BCUT2D eigenvalue weighted by molar-refractivity contribution is 0.346. The van der Waals surface area contributed by atoms with Crippen LogP contribution in [0.1, 0.15) is 0 Å². The number of hydrogen-bond donors (Lipinski definition) is 1. The fourth-order valence-corrected chi connectivity index (χ4v) is 1.39. The van der Waals surface area contributed by atoms with Crippen molar-refractivity contribution in [1.82, 2.24) is 15.0 Å². The van der Waals surface area contributed by atoms with Crippen LogP contribution in [0, 0.1) is 0 Å². The van der Waals surface area contributed by atoms with Crippen molar-refractivity contribution in [1.29, 1.82) is 0 Å². The third kappa shape index (κ3) is 3.01. The molecule has 0 radical (unpaired) electrons. The maximum atomic E-state index is 5.58. The third-order valence-electron chi connectivity index (χ3n) is 2.27. The molecule has 7 heteroatoms. The summed E-state index contributed by atoms with van der Waals surface area (Å²) in [5.74, 6) is 1.46. The molecule has 100 valence electrons. The van der Waals surface area contributed by atoms with Crippen LogP contribution in [-0.4, -0.2) is 36.2 Å². The lowest BCUT2D eigenvalue weighted by Gasteiger charge is -2.09. The van der Waals surface area contributed by atoms with Crippen LogP contribution >= 0.6 is 0 Å². The van der Waals surface area contributed by atoms with Crippen LogP contribution in [0.4, 0.5) is 5.95 Å². The highest BCUT2D eigenvalue weighted by molar-refractivity contribution is 5.41. The number of benzene rings is 1. The van der Waals surface area contributed by atoms with Crippen LogP contribution in [0.3, 0.4) is 0 Å². The van der Waals surface area contributed by atoms with Gasteiger partial charge in [-0.05, 0) is 12.1 Å². The molecule has 2 aromatic rings. The van der Waals surface area contributed by atoms with E-state index in [1.165, 1.54) is 7.11 Å². The molecule has 0 atom stereocenters. The van der Waals surface area contributed by atoms with E-state index < -0.39 is 0 Å². The average molecular weight is 262 g/mol. The van der Waals surface area contributed by atoms with E-state index in [-0.39, 0.29) is 12.0 Å². The molecule has 2 rings (SSSR count). The van der Waals surface area contributed by atoms with Gasteiger partial charge in [0.2, 0.25) is 5.95 Å². The van der Waals surface area contributed by atoms with E-state index in [1.807, 2.05) is 12.1 Å². The number of para-hydroxylation sites is 2. The van der Waals surface area contributed by atoms with Crippen molar-refractivity contribution in [3.63, 3.8) is 0 Å². The van der Waals surface area contributed by atoms with Gasteiger partial charge in [-0.15, -0.1) is 4.98 Å².